The zero-order valence-electron chi connectivity index (χ0n) is 15.7. The summed E-state index contributed by atoms with van der Waals surface area (Å²) in [5.74, 6) is 2.01. The van der Waals surface area contributed by atoms with Gasteiger partial charge in [-0.25, -0.2) is 4.98 Å². The molecule has 1 aliphatic rings. The lowest BCUT2D eigenvalue weighted by Crippen LogP contribution is -2.38. The maximum absolute atomic E-state index is 11.8. The number of hydrogen-bond donors (Lipinski definition) is 1. The monoisotopic (exact) mass is 441 g/mol. The van der Waals surface area contributed by atoms with E-state index in [1.54, 1.807) is 6.20 Å². The molecular formula is C23H24BrNO3. The number of aromatic nitrogens is 1. The summed E-state index contributed by atoms with van der Waals surface area (Å²) in [6.45, 7) is 0. The summed E-state index contributed by atoms with van der Waals surface area (Å²) in [5.41, 5.74) is 0.763. The minimum absolute atomic E-state index is 0.116. The van der Waals surface area contributed by atoms with Crippen LogP contribution < -0.4 is 3.83 Å². The van der Waals surface area contributed by atoms with E-state index >= 15 is 0 Å². The number of rotatable bonds is 6. The van der Waals surface area contributed by atoms with Crippen molar-refractivity contribution in [1.29, 1.82) is 0 Å². The highest BCUT2D eigenvalue weighted by molar-refractivity contribution is 9.06. The number of nitrogens with zero attached hydrogens (tertiary/aromatic N) is 1. The molecule has 0 saturated heterocycles. The van der Waals surface area contributed by atoms with Gasteiger partial charge in [-0.2, -0.15) is 0 Å². The lowest BCUT2D eigenvalue weighted by molar-refractivity contribution is -0.0238. The van der Waals surface area contributed by atoms with Gasteiger partial charge in [0.05, 0.1) is 6.20 Å². The first-order valence-electron chi connectivity index (χ1n) is 9.81. The normalized spacial score (nSPS) is 17.2. The van der Waals surface area contributed by atoms with E-state index in [0.29, 0.717) is 12.3 Å². The van der Waals surface area contributed by atoms with Crippen LogP contribution in [0.1, 0.15) is 54.9 Å². The number of benzene rings is 2. The minimum Gasteiger partial charge on any atom is -0.442 e. The summed E-state index contributed by atoms with van der Waals surface area (Å²) in [5, 5.41) is 11.8. The highest BCUT2D eigenvalue weighted by Gasteiger charge is 2.44. The van der Waals surface area contributed by atoms with Crippen LogP contribution in [0.2, 0.25) is 0 Å². The molecule has 0 spiro atoms. The van der Waals surface area contributed by atoms with Gasteiger partial charge in [-0.15, -0.1) is 0 Å². The SMILES string of the molecule is O[C@](c1ccccc1)(c1ncc(Cc2ccc(OBr)cc2)o1)C1CCCCC1. The van der Waals surface area contributed by atoms with Gasteiger partial charge in [-0.3, -0.25) is 0 Å². The highest BCUT2D eigenvalue weighted by atomic mass is 79.9. The Hall–Kier alpha value is -2.11. The molecule has 0 bridgehead atoms. The van der Waals surface area contributed by atoms with E-state index < -0.39 is 5.60 Å². The van der Waals surface area contributed by atoms with Crippen molar-refractivity contribution in [3.8, 4) is 5.75 Å². The standard InChI is InChI=1S/C23H24BrNO3/c24-28-20-13-11-17(12-14-20)15-21-16-25-22(27-21)23(26,18-7-3-1-4-8-18)19-9-5-2-6-10-19/h1,3-4,7-8,11-14,16,19,26H,2,5-6,9-10,15H2/t23-/m0/s1. The van der Waals surface area contributed by atoms with Crippen LogP contribution in [-0.2, 0) is 12.0 Å². The van der Waals surface area contributed by atoms with Crippen molar-refractivity contribution in [2.24, 2.45) is 5.92 Å². The predicted molar refractivity (Wildman–Crippen MR) is 111 cm³/mol. The quantitative estimate of drug-likeness (QED) is 0.527. The third-order valence-electron chi connectivity index (χ3n) is 5.68. The second-order valence-corrected chi connectivity index (χ2v) is 7.82. The van der Waals surface area contributed by atoms with Crippen molar-refractivity contribution in [2.75, 3.05) is 0 Å². The third-order valence-corrected chi connectivity index (χ3v) is 6.05. The number of halogens is 1. The molecule has 1 aliphatic carbocycles. The Bertz CT molecular complexity index is 888. The number of oxazole rings is 1. The van der Waals surface area contributed by atoms with Crippen molar-refractivity contribution in [2.45, 2.75) is 44.1 Å². The van der Waals surface area contributed by atoms with E-state index in [1.165, 1.54) is 6.42 Å². The molecule has 2 aromatic carbocycles. The summed E-state index contributed by atoms with van der Waals surface area (Å²) in [6.07, 6.45) is 7.82. The Labute approximate surface area is 174 Å². The smallest absolute Gasteiger partial charge is 0.231 e. The first-order valence-corrected chi connectivity index (χ1v) is 10.5. The van der Waals surface area contributed by atoms with E-state index in [0.717, 1.165) is 48.3 Å². The molecule has 1 atom stereocenters. The van der Waals surface area contributed by atoms with Gasteiger partial charge in [-0.1, -0.05) is 61.7 Å². The van der Waals surface area contributed by atoms with E-state index in [2.05, 4.69) is 21.2 Å². The molecule has 0 aliphatic heterocycles. The molecule has 1 saturated carbocycles. The van der Waals surface area contributed by atoms with Gasteiger partial charge < -0.3 is 13.4 Å². The van der Waals surface area contributed by atoms with Crippen molar-refractivity contribution >= 4 is 16.3 Å². The molecule has 28 heavy (non-hydrogen) atoms. The second-order valence-electron chi connectivity index (χ2n) is 7.50. The lowest BCUT2D eigenvalue weighted by atomic mass is 9.73. The average Bonchev–Trinajstić information content (AvgIpc) is 3.24. The molecule has 0 unspecified atom stereocenters. The van der Waals surface area contributed by atoms with Crippen molar-refractivity contribution in [3.05, 3.63) is 83.6 Å². The van der Waals surface area contributed by atoms with Crippen LogP contribution in [0.15, 0.2) is 65.2 Å². The third kappa shape index (κ3) is 3.87. The number of aliphatic hydroxyl groups is 1. The maximum Gasteiger partial charge on any atom is 0.231 e. The Balaban J connectivity index is 1.63. The molecule has 146 valence electrons. The van der Waals surface area contributed by atoms with E-state index in [9.17, 15) is 5.11 Å². The van der Waals surface area contributed by atoms with Gasteiger partial charge in [-0.05, 0) is 36.1 Å². The fourth-order valence-corrected chi connectivity index (χ4v) is 4.39. The van der Waals surface area contributed by atoms with Gasteiger partial charge >= 0.3 is 0 Å². The molecule has 0 radical (unpaired) electrons. The first kappa shape index (κ1) is 19.2. The molecule has 5 heteroatoms. The van der Waals surface area contributed by atoms with Crippen LogP contribution in [0, 0.1) is 5.92 Å². The van der Waals surface area contributed by atoms with Gasteiger partial charge in [0.15, 0.2) is 21.9 Å². The van der Waals surface area contributed by atoms with Crippen LogP contribution in [-0.4, -0.2) is 10.1 Å². The van der Waals surface area contributed by atoms with E-state index in [1.807, 2.05) is 54.6 Å². The Morgan fingerprint density at radius 2 is 1.75 bits per heavy atom. The molecule has 4 rings (SSSR count). The summed E-state index contributed by atoms with van der Waals surface area (Å²) in [7, 11) is 0. The fourth-order valence-electron chi connectivity index (χ4n) is 4.17. The molecule has 1 aromatic heterocycles. The van der Waals surface area contributed by atoms with Crippen LogP contribution in [0.4, 0.5) is 0 Å². The van der Waals surface area contributed by atoms with Gasteiger partial charge in [0.1, 0.15) is 11.5 Å². The summed E-state index contributed by atoms with van der Waals surface area (Å²) in [4.78, 5) is 4.52. The Morgan fingerprint density at radius 1 is 1.04 bits per heavy atom. The highest BCUT2D eigenvalue weighted by Crippen LogP contribution is 2.43. The zero-order chi connectivity index (χ0) is 19.4. The van der Waals surface area contributed by atoms with Gasteiger partial charge in [0.2, 0.25) is 5.89 Å². The van der Waals surface area contributed by atoms with Crippen LogP contribution in [0.3, 0.4) is 0 Å². The molecular weight excluding hydrogens is 418 g/mol. The van der Waals surface area contributed by atoms with Crippen molar-refractivity contribution in [1.82, 2.24) is 4.98 Å². The first-order chi connectivity index (χ1) is 13.7. The second kappa shape index (κ2) is 8.50. The molecule has 1 N–H and O–H groups in total. The van der Waals surface area contributed by atoms with Gasteiger partial charge in [0.25, 0.3) is 0 Å². The minimum atomic E-state index is -1.19. The van der Waals surface area contributed by atoms with E-state index in [-0.39, 0.29) is 5.92 Å². The molecule has 1 heterocycles. The van der Waals surface area contributed by atoms with Crippen LogP contribution in [0.25, 0.3) is 0 Å². The molecule has 0 amide bonds. The van der Waals surface area contributed by atoms with Crippen molar-refractivity contribution in [3.63, 3.8) is 0 Å². The fraction of sp³-hybridized carbons (Fsp3) is 0.348. The predicted octanol–water partition coefficient (Wildman–Crippen LogP) is 5.77. The molecule has 1 fully saturated rings. The van der Waals surface area contributed by atoms with Gasteiger partial charge in [0, 0.05) is 12.3 Å². The lowest BCUT2D eigenvalue weighted by Gasteiger charge is -2.36. The summed E-state index contributed by atoms with van der Waals surface area (Å²) >= 11 is 2.98. The largest absolute Gasteiger partial charge is 0.442 e. The summed E-state index contributed by atoms with van der Waals surface area (Å²) in [6, 6.07) is 17.6. The van der Waals surface area contributed by atoms with Crippen molar-refractivity contribution < 1.29 is 13.4 Å². The molecule has 4 nitrogen and oxygen atoms in total. The van der Waals surface area contributed by atoms with E-state index in [4.69, 9.17) is 8.25 Å². The average molecular weight is 442 g/mol. The Kier molecular flexibility index (Phi) is 5.83. The molecule has 3 aromatic rings. The van der Waals surface area contributed by atoms with Crippen LogP contribution >= 0.6 is 16.3 Å². The maximum atomic E-state index is 11.8. The van der Waals surface area contributed by atoms with Crippen LogP contribution in [0.5, 0.6) is 5.75 Å². The zero-order valence-corrected chi connectivity index (χ0v) is 17.3. The topological polar surface area (TPSA) is 55.5 Å². The summed E-state index contributed by atoms with van der Waals surface area (Å²) < 4.78 is 11.1. The Morgan fingerprint density at radius 3 is 2.43 bits per heavy atom. The number of hydrogen-bond acceptors (Lipinski definition) is 4.